The lowest BCUT2D eigenvalue weighted by Gasteiger charge is -2.14. The normalized spacial score (nSPS) is 12.7. The lowest BCUT2D eigenvalue weighted by Crippen LogP contribution is -2.25. The Bertz CT molecular complexity index is 635. The summed E-state index contributed by atoms with van der Waals surface area (Å²) in [5.74, 6) is 0. The van der Waals surface area contributed by atoms with E-state index in [0.717, 1.165) is 26.9 Å². The van der Waals surface area contributed by atoms with Gasteiger partial charge in [-0.3, -0.25) is 4.99 Å². The zero-order valence-corrected chi connectivity index (χ0v) is 16.1. The first kappa shape index (κ1) is 16.4. The number of hydrogen-bond acceptors (Lipinski definition) is 4. The zero-order valence-electron chi connectivity index (χ0n) is 12.7. The lowest BCUT2D eigenvalue weighted by atomic mass is 10.2. The summed E-state index contributed by atoms with van der Waals surface area (Å²) in [6.45, 7) is 6.99. The maximum absolute atomic E-state index is 4.80. The highest BCUT2D eigenvalue weighted by Crippen LogP contribution is 2.24. The van der Waals surface area contributed by atoms with E-state index in [0.29, 0.717) is 0 Å². The molecule has 21 heavy (non-hydrogen) atoms. The summed E-state index contributed by atoms with van der Waals surface area (Å²) in [5.41, 5.74) is 2.11. The van der Waals surface area contributed by atoms with Crippen molar-refractivity contribution in [3.8, 4) is 5.69 Å². The van der Waals surface area contributed by atoms with Crippen LogP contribution in [0.3, 0.4) is 0 Å². The second-order valence-electron chi connectivity index (χ2n) is 5.89. The average molecular weight is 383 g/mol. The number of aromatic nitrogens is 3. The first-order valence-electron chi connectivity index (χ1n) is 6.64. The van der Waals surface area contributed by atoms with Crippen LogP contribution in [-0.2, 0) is 0 Å². The van der Waals surface area contributed by atoms with Gasteiger partial charge in [-0.25, -0.2) is 9.67 Å². The van der Waals surface area contributed by atoms with Gasteiger partial charge in [0.1, 0.15) is 12.7 Å². The van der Waals surface area contributed by atoms with E-state index in [4.69, 9.17) is 4.99 Å². The Hall–Kier alpha value is -0.923. The maximum atomic E-state index is 4.80. The maximum Gasteiger partial charge on any atom is 0.138 e. The highest BCUT2D eigenvalue weighted by Gasteiger charge is 2.13. The molecular formula is C14H19BrN4SSi. The van der Waals surface area contributed by atoms with Gasteiger partial charge in [0, 0.05) is 16.2 Å². The molecular weight excluding hydrogens is 364 g/mol. The van der Waals surface area contributed by atoms with Crippen LogP contribution in [0.25, 0.3) is 5.69 Å². The van der Waals surface area contributed by atoms with E-state index in [1.807, 2.05) is 6.07 Å². The van der Waals surface area contributed by atoms with Crippen LogP contribution >= 0.6 is 27.7 Å². The van der Waals surface area contributed by atoms with Crippen molar-refractivity contribution >= 4 is 40.8 Å². The van der Waals surface area contributed by atoms with Crippen LogP contribution in [0.5, 0.6) is 0 Å². The Balaban J connectivity index is 2.30. The Morgan fingerprint density at radius 1 is 1.38 bits per heavy atom. The van der Waals surface area contributed by atoms with E-state index < -0.39 is 8.07 Å². The third-order valence-corrected chi connectivity index (χ3v) is 5.24. The van der Waals surface area contributed by atoms with Crippen molar-refractivity contribution in [2.24, 2.45) is 4.99 Å². The molecule has 0 aliphatic carbocycles. The molecule has 1 aromatic heterocycles. The Kier molecular flexibility index (Phi) is 5.40. The van der Waals surface area contributed by atoms with Crippen LogP contribution in [0.1, 0.15) is 5.56 Å². The van der Waals surface area contributed by atoms with Gasteiger partial charge in [-0.1, -0.05) is 25.7 Å². The second kappa shape index (κ2) is 6.89. The molecule has 0 aliphatic rings. The van der Waals surface area contributed by atoms with Gasteiger partial charge in [-0.15, -0.1) is 11.8 Å². The summed E-state index contributed by atoms with van der Waals surface area (Å²) in [6.07, 6.45) is 6.24. The first-order valence-corrected chi connectivity index (χ1v) is 12.4. The molecule has 2 rings (SSSR count). The van der Waals surface area contributed by atoms with Gasteiger partial charge in [0.15, 0.2) is 0 Å². The SMILES string of the molecule is CSC(=NC[Si](C)(C)C)c1ccc(-n2cncn2)c(Br)c1. The number of hydrogen-bond donors (Lipinski definition) is 0. The molecule has 0 aliphatic heterocycles. The van der Waals surface area contributed by atoms with E-state index in [2.05, 4.69) is 64.0 Å². The number of nitrogens with zero attached hydrogens (tertiary/aromatic N) is 4. The van der Waals surface area contributed by atoms with Gasteiger partial charge < -0.3 is 0 Å². The van der Waals surface area contributed by atoms with Crippen molar-refractivity contribution < 1.29 is 0 Å². The molecule has 2 aromatic rings. The van der Waals surface area contributed by atoms with Crippen LogP contribution in [0.2, 0.25) is 19.6 Å². The molecule has 112 valence electrons. The summed E-state index contributed by atoms with van der Waals surface area (Å²) in [6, 6.07) is 6.21. The van der Waals surface area contributed by atoms with E-state index in [-0.39, 0.29) is 0 Å². The third kappa shape index (κ3) is 4.52. The molecule has 0 saturated heterocycles. The molecule has 0 radical (unpaired) electrons. The van der Waals surface area contributed by atoms with Crippen molar-refractivity contribution in [1.29, 1.82) is 0 Å². The van der Waals surface area contributed by atoms with Gasteiger partial charge in [-0.05, 0) is 34.3 Å². The predicted octanol–water partition coefficient (Wildman–Crippen LogP) is 4.02. The summed E-state index contributed by atoms with van der Waals surface area (Å²) in [7, 11) is -1.17. The molecule has 1 heterocycles. The number of benzene rings is 1. The Morgan fingerprint density at radius 2 is 2.14 bits per heavy atom. The molecule has 0 saturated carbocycles. The molecule has 0 fully saturated rings. The van der Waals surface area contributed by atoms with Crippen LogP contribution < -0.4 is 0 Å². The molecule has 0 N–H and O–H groups in total. The number of thioether (sulfide) groups is 1. The van der Waals surface area contributed by atoms with Gasteiger partial charge in [0.2, 0.25) is 0 Å². The van der Waals surface area contributed by atoms with Crippen molar-refractivity contribution in [3.63, 3.8) is 0 Å². The molecule has 7 heteroatoms. The quantitative estimate of drug-likeness (QED) is 0.455. The van der Waals surface area contributed by atoms with Crippen molar-refractivity contribution in [1.82, 2.24) is 14.8 Å². The molecule has 4 nitrogen and oxygen atoms in total. The van der Waals surface area contributed by atoms with E-state index >= 15 is 0 Å². The number of halogens is 1. The number of rotatable bonds is 4. The van der Waals surface area contributed by atoms with E-state index in [9.17, 15) is 0 Å². The van der Waals surface area contributed by atoms with Gasteiger partial charge >= 0.3 is 0 Å². The van der Waals surface area contributed by atoms with Crippen LogP contribution in [0.4, 0.5) is 0 Å². The van der Waals surface area contributed by atoms with Crippen LogP contribution in [0, 0.1) is 0 Å². The minimum atomic E-state index is -1.17. The fraction of sp³-hybridized carbons (Fsp3) is 0.357. The highest BCUT2D eigenvalue weighted by atomic mass is 79.9. The van der Waals surface area contributed by atoms with Gasteiger partial charge in [0.25, 0.3) is 0 Å². The monoisotopic (exact) mass is 382 g/mol. The number of aliphatic imine (C=N–C) groups is 1. The second-order valence-corrected chi connectivity index (χ2v) is 13.0. The summed E-state index contributed by atoms with van der Waals surface area (Å²) in [4.78, 5) is 8.78. The van der Waals surface area contributed by atoms with Crippen LogP contribution in [-0.4, -0.2) is 40.3 Å². The summed E-state index contributed by atoms with van der Waals surface area (Å²) in [5, 5.41) is 5.24. The van der Waals surface area contributed by atoms with Crippen molar-refractivity contribution in [3.05, 3.63) is 40.9 Å². The fourth-order valence-corrected chi connectivity index (χ4v) is 3.60. The van der Waals surface area contributed by atoms with Gasteiger partial charge in [-0.2, -0.15) is 5.10 Å². The summed E-state index contributed by atoms with van der Waals surface area (Å²) < 4.78 is 2.73. The molecule has 0 bridgehead atoms. The molecule has 0 atom stereocenters. The average Bonchev–Trinajstić information content (AvgIpc) is 2.92. The van der Waals surface area contributed by atoms with E-state index in [1.54, 1.807) is 22.8 Å². The van der Waals surface area contributed by atoms with Gasteiger partial charge in [0.05, 0.1) is 18.8 Å². The molecule has 0 amide bonds. The molecule has 1 aromatic carbocycles. The highest BCUT2D eigenvalue weighted by molar-refractivity contribution is 9.10. The Morgan fingerprint density at radius 3 is 2.67 bits per heavy atom. The third-order valence-electron chi connectivity index (χ3n) is 2.75. The first-order chi connectivity index (χ1) is 9.90. The smallest absolute Gasteiger partial charge is 0.138 e. The standard InChI is InChI=1S/C14H19BrN4SSi/c1-20-14(17-10-21(2,3)4)11-5-6-13(12(15)7-11)19-9-16-8-18-19/h5-9H,10H2,1-4H3. The fourth-order valence-electron chi connectivity index (χ4n) is 1.74. The van der Waals surface area contributed by atoms with Crippen molar-refractivity contribution in [2.75, 3.05) is 12.4 Å². The Labute approximate surface area is 139 Å². The van der Waals surface area contributed by atoms with E-state index in [1.165, 1.54) is 6.33 Å². The minimum Gasteiger partial charge on any atom is -0.281 e. The summed E-state index contributed by atoms with van der Waals surface area (Å²) >= 11 is 5.30. The predicted molar refractivity (Wildman–Crippen MR) is 97.3 cm³/mol. The molecule has 0 spiro atoms. The zero-order chi connectivity index (χ0) is 15.5. The largest absolute Gasteiger partial charge is 0.281 e. The minimum absolute atomic E-state index is 0.950. The van der Waals surface area contributed by atoms with Crippen LogP contribution in [0.15, 0.2) is 40.3 Å². The molecule has 0 unspecified atom stereocenters. The van der Waals surface area contributed by atoms with Crippen molar-refractivity contribution in [2.45, 2.75) is 19.6 Å². The topological polar surface area (TPSA) is 43.1 Å². The lowest BCUT2D eigenvalue weighted by molar-refractivity contribution is 0.874.